The van der Waals surface area contributed by atoms with Crippen molar-refractivity contribution >= 4 is 11.6 Å². The number of likely N-dealkylation sites (N-methyl/N-ethyl adjacent to an activating group) is 2. The molecule has 0 aliphatic rings. The molecule has 1 amide bonds. The number of hydrogen-bond donors (Lipinski definition) is 1. The number of aliphatic hydroxyl groups is 1. The van der Waals surface area contributed by atoms with Crippen molar-refractivity contribution in [3.63, 3.8) is 0 Å². The van der Waals surface area contributed by atoms with Gasteiger partial charge in [-0.15, -0.1) is 0 Å². The van der Waals surface area contributed by atoms with E-state index >= 15 is 0 Å². The molecule has 1 unspecified atom stereocenters. The number of anilines is 1. The topological polar surface area (TPSA) is 67.6 Å². The van der Waals surface area contributed by atoms with Crippen LogP contribution in [0.15, 0.2) is 18.2 Å². The largest absolute Gasteiger partial charge is 0.389 e. The maximum Gasteiger partial charge on any atom is 0.241 e. The summed E-state index contributed by atoms with van der Waals surface area (Å²) in [7, 11) is 3.41. The summed E-state index contributed by atoms with van der Waals surface area (Å²) < 4.78 is 0. The van der Waals surface area contributed by atoms with Gasteiger partial charge >= 0.3 is 0 Å². The zero-order chi connectivity index (χ0) is 15.3. The molecule has 0 radical (unpaired) electrons. The van der Waals surface area contributed by atoms with Crippen LogP contribution in [0.25, 0.3) is 0 Å². The molecule has 1 rings (SSSR count). The molecular formula is C15H21N3O2. The van der Waals surface area contributed by atoms with Crippen molar-refractivity contribution in [1.29, 1.82) is 5.26 Å². The van der Waals surface area contributed by atoms with E-state index in [1.54, 1.807) is 39.2 Å². The highest BCUT2D eigenvalue weighted by Crippen LogP contribution is 2.27. The molecule has 0 fully saturated rings. The Morgan fingerprint density at radius 1 is 1.45 bits per heavy atom. The van der Waals surface area contributed by atoms with Crippen molar-refractivity contribution < 1.29 is 9.90 Å². The molecular weight excluding hydrogens is 254 g/mol. The lowest BCUT2D eigenvalue weighted by atomic mass is 10.0. The fourth-order valence-corrected chi connectivity index (χ4v) is 1.91. The molecule has 1 atom stereocenters. The van der Waals surface area contributed by atoms with Crippen LogP contribution in [0.1, 0.15) is 31.1 Å². The number of rotatable bonds is 5. The van der Waals surface area contributed by atoms with Crippen molar-refractivity contribution in [2.75, 3.05) is 32.1 Å². The first kappa shape index (κ1) is 16.0. The monoisotopic (exact) mass is 275 g/mol. The standard InChI is InChI=1S/C15H21N3O2/c1-5-18(10-15(20)17(3)4)14-8-12(9-16)6-7-13(14)11(2)19/h6-8,11,19H,5,10H2,1-4H3. The van der Waals surface area contributed by atoms with Gasteiger partial charge in [0.15, 0.2) is 0 Å². The molecule has 0 saturated heterocycles. The Hall–Kier alpha value is -2.06. The third-order valence-corrected chi connectivity index (χ3v) is 3.16. The minimum Gasteiger partial charge on any atom is -0.389 e. The molecule has 1 N–H and O–H groups in total. The van der Waals surface area contributed by atoms with Gasteiger partial charge in [-0.05, 0) is 26.0 Å². The van der Waals surface area contributed by atoms with E-state index in [9.17, 15) is 9.90 Å². The van der Waals surface area contributed by atoms with Gasteiger partial charge in [0.2, 0.25) is 5.91 Å². The van der Waals surface area contributed by atoms with Crippen LogP contribution in [0.2, 0.25) is 0 Å². The van der Waals surface area contributed by atoms with Crippen LogP contribution < -0.4 is 4.90 Å². The summed E-state index contributed by atoms with van der Waals surface area (Å²) in [4.78, 5) is 15.3. The predicted molar refractivity (Wildman–Crippen MR) is 78.4 cm³/mol. The first-order chi connectivity index (χ1) is 9.40. The SMILES string of the molecule is CCN(CC(=O)N(C)C)c1cc(C#N)ccc1C(C)O. The molecule has 0 aromatic heterocycles. The second-order valence-corrected chi connectivity index (χ2v) is 4.86. The first-order valence-electron chi connectivity index (χ1n) is 6.57. The van der Waals surface area contributed by atoms with E-state index in [2.05, 4.69) is 6.07 Å². The van der Waals surface area contributed by atoms with E-state index in [0.717, 1.165) is 11.3 Å². The zero-order valence-corrected chi connectivity index (χ0v) is 12.4. The molecule has 1 aromatic rings. The summed E-state index contributed by atoms with van der Waals surface area (Å²) in [5, 5.41) is 18.9. The van der Waals surface area contributed by atoms with Gasteiger partial charge in [0.1, 0.15) is 0 Å². The van der Waals surface area contributed by atoms with Crippen LogP contribution in [-0.2, 0) is 4.79 Å². The number of benzene rings is 1. The number of amides is 1. The molecule has 0 spiro atoms. The number of hydrogen-bond acceptors (Lipinski definition) is 4. The Bertz CT molecular complexity index is 518. The molecule has 20 heavy (non-hydrogen) atoms. The highest BCUT2D eigenvalue weighted by atomic mass is 16.3. The number of aliphatic hydroxyl groups excluding tert-OH is 1. The maximum atomic E-state index is 11.9. The fourth-order valence-electron chi connectivity index (χ4n) is 1.91. The van der Waals surface area contributed by atoms with Crippen molar-refractivity contribution in [3.05, 3.63) is 29.3 Å². The molecule has 1 aromatic carbocycles. The van der Waals surface area contributed by atoms with Crippen LogP contribution in [0.5, 0.6) is 0 Å². The Morgan fingerprint density at radius 3 is 2.55 bits per heavy atom. The van der Waals surface area contributed by atoms with Crippen LogP contribution in [-0.4, -0.2) is 43.1 Å². The van der Waals surface area contributed by atoms with Crippen molar-refractivity contribution in [2.45, 2.75) is 20.0 Å². The van der Waals surface area contributed by atoms with Gasteiger partial charge in [0.25, 0.3) is 0 Å². The summed E-state index contributed by atoms with van der Waals surface area (Å²) in [6.45, 7) is 4.45. The number of carbonyl (C=O) groups is 1. The van der Waals surface area contributed by atoms with Gasteiger partial charge in [-0.2, -0.15) is 5.26 Å². The third-order valence-electron chi connectivity index (χ3n) is 3.16. The van der Waals surface area contributed by atoms with Crippen molar-refractivity contribution in [3.8, 4) is 6.07 Å². The molecule has 0 heterocycles. The van der Waals surface area contributed by atoms with E-state index in [1.165, 1.54) is 4.90 Å². The van der Waals surface area contributed by atoms with Crippen molar-refractivity contribution in [2.24, 2.45) is 0 Å². The summed E-state index contributed by atoms with van der Waals surface area (Å²) in [5.74, 6) is -0.0225. The van der Waals surface area contributed by atoms with Gasteiger partial charge in [-0.3, -0.25) is 4.79 Å². The Morgan fingerprint density at radius 2 is 2.10 bits per heavy atom. The Kier molecular flexibility index (Phi) is 5.53. The second kappa shape index (κ2) is 6.92. The van der Waals surface area contributed by atoms with Gasteiger partial charge in [-0.25, -0.2) is 0 Å². The summed E-state index contributed by atoms with van der Waals surface area (Å²) in [6, 6.07) is 7.21. The molecule has 0 aliphatic carbocycles. The average Bonchev–Trinajstić information content (AvgIpc) is 2.43. The van der Waals surface area contributed by atoms with Crippen LogP contribution in [0, 0.1) is 11.3 Å². The van der Waals surface area contributed by atoms with E-state index in [4.69, 9.17) is 5.26 Å². The third kappa shape index (κ3) is 3.72. The van der Waals surface area contributed by atoms with Crippen LogP contribution in [0.3, 0.4) is 0 Å². The normalized spacial score (nSPS) is 11.6. The summed E-state index contributed by atoms with van der Waals surface area (Å²) in [5.41, 5.74) is 1.97. The highest BCUT2D eigenvalue weighted by molar-refractivity contribution is 5.81. The molecule has 0 saturated carbocycles. The van der Waals surface area contributed by atoms with Gasteiger partial charge in [0, 0.05) is 31.9 Å². The lowest BCUT2D eigenvalue weighted by Crippen LogP contribution is -2.37. The van der Waals surface area contributed by atoms with Gasteiger partial charge in [-0.1, -0.05) is 6.07 Å². The maximum absolute atomic E-state index is 11.9. The average molecular weight is 275 g/mol. The van der Waals surface area contributed by atoms with E-state index in [1.807, 2.05) is 11.8 Å². The summed E-state index contributed by atoms with van der Waals surface area (Å²) in [6.07, 6.45) is -0.652. The second-order valence-electron chi connectivity index (χ2n) is 4.86. The lowest BCUT2D eigenvalue weighted by Gasteiger charge is -2.27. The highest BCUT2D eigenvalue weighted by Gasteiger charge is 2.17. The molecule has 0 aliphatic heterocycles. The van der Waals surface area contributed by atoms with E-state index in [-0.39, 0.29) is 12.5 Å². The van der Waals surface area contributed by atoms with E-state index in [0.29, 0.717) is 12.1 Å². The molecule has 108 valence electrons. The smallest absolute Gasteiger partial charge is 0.241 e. The quantitative estimate of drug-likeness (QED) is 0.885. The van der Waals surface area contributed by atoms with E-state index < -0.39 is 6.10 Å². The van der Waals surface area contributed by atoms with Crippen LogP contribution >= 0.6 is 0 Å². The minimum atomic E-state index is -0.652. The molecule has 5 heteroatoms. The predicted octanol–water partition coefficient (Wildman–Crippen LogP) is 1.53. The number of nitriles is 1. The lowest BCUT2D eigenvalue weighted by molar-refractivity contribution is -0.127. The van der Waals surface area contributed by atoms with Gasteiger partial charge in [0.05, 0.1) is 24.3 Å². The first-order valence-corrected chi connectivity index (χ1v) is 6.57. The molecule has 5 nitrogen and oxygen atoms in total. The number of nitrogens with zero attached hydrogens (tertiary/aromatic N) is 3. The Labute approximate surface area is 120 Å². The van der Waals surface area contributed by atoms with Crippen LogP contribution in [0.4, 0.5) is 5.69 Å². The fraction of sp³-hybridized carbons (Fsp3) is 0.467. The summed E-state index contributed by atoms with van der Waals surface area (Å²) >= 11 is 0. The molecule has 0 bridgehead atoms. The zero-order valence-electron chi connectivity index (χ0n) is 12.4. The number of carbonyl (C=O) groups excluding carboxylic acids is 1. The minimum absolute atomic E-state index is 0.0225. The Balaban J connectivity index is 3.18. The van der Waals surface area contributed by atoms with Gasteiger partial charge < -0.3 is 14.9 Å². The van der Waals surface area contributed by atoms with Crippen molar-refractivity contribution in [1.82, 2.24) is 4.90 Å².